The van der Waals surface area contributed by atoms with E-state index in [1.807, 2.05) is 24.4 Å². The summed E-state index contributed by atoms with van der Waals surface area (Å²) in [5, 5.41) is 16.2. The third-order valence-corrected chi connectivity index (χ3v) is 6.90. The highest BCUT2D eigenvalue weighted by atomic mass is 32.1. The van der Waals surface area contributed by atoms with E-state index in [-0.39, 0.29) is 18.7 Å². The minimum atomic E-state index is -0.0566. The van der Waals surface area contributed by atoms with Crippen molar-refractivity contribution in [2.24, 2.45) is 0 Å². The molecule has 0 spiro atoms. The average molecular weight is 457 g/mol. The number of hydrogen-bond donors (Lipinski definition) is 2. The standard InChI is InChI=1S/C27H28N4OS/c1-18-17-22(19(2)31(18)24-13-7-10-20-9-3-4-11-21(20)24)26-25(23-12-5-6-14-28-23)29-27(33)30(26)15-8-16-32/h3-7,9-14,17,25-26,32H,8,15-16H2,1-2H3,(H,29,33). The molecular formula is C27H28N4OS. The number of hydrogen-bond acceptors (Lipinski definition) is 3. The Labute approximate surface area is 199 Å². The van der Waals surface area contributed by atoms with Crippen LogP contribution in [0.1, 0.15) is 41.1 Å². The van der Waals surface area contributed by atoms with Crippen LogP contribution in [0.25, 0.3) is 16.5 Å². The number of aliphatic hydroxyl groups is 1. The molecule has 5 nitrogen and oxygen atoms in total. The summed E-state index contributed by atoms with van der Waals surface area (Å²) in [7, 11) is 0. The molecule has 168 valence electrons. The average Bonchev–Trinajstić information content (AvgIpc) is 3.32. The lowest BCUT2D eigenvalue weighted by atomic mass is 9.96. The van der Waals surface area contributed by atoms with Crippen LogP contribution >= 0.6 is 12.2 Å². The van der Waals surface area contributed by atoms with Gasteiger partial charge in [0.25, 0.3) is 0 Å². The lowest BCUT2D eigenvalue weighted by Crippen LogP contribution is -2.31. The first kappa shape index (κ1) is 21.6. The number of pyridine rings is 1. The van der Waals surface area contributed by atoms with Crippen LogP contribution in [0.15, 0.2) is 72.9 Å². The lowest BCUT2D eigenvalue weighted by Gasteiger charge is -2.28. The second kappa shape index (κ2) is 8.96. The Morgan fingerprint density at radius 2 is 1.82 bits per heavy atom. The molecule has 0 saturated carbocycles. The Morgan fingerprint density at radius 1 is 1.03 bits per heavy atom. The molecule has 1 aliphatic rings. The van der Waals surface area contributed by atoms with E-state index >= 15 is 0 Å². The van der Waals surface area contributed by atoms with Crippen molar-refractivity contribution in [2.75, 3.05) is 13.2 Å². The van der Waals surface area contributed by atoms with E-state index in [0.29, 0.717) is 18.1 Å². The number of thiocarbonyl (C=S) groups is 1. The fraction of sp³-hybridized carbons (Fsp3) is 0.259. The number of aromatic nitrogens is 2. The zero-order chi connectivity index (χ0) is 22.9. The minimum absolute atomic E-state index is 0.00567. The number of aryl methyl sites for hydroxylation is 1. The molecule has 33 heavy (non-hydrogen) atoms. The second-order valence-electron chi connectivity index (χ2n) is 8.56. The maximum Gasteiger partial charge on any atom is 0.170 e. The molecule has 6 heteroatoms. The van der Waals surface area contributed by atoms with E-state index in [9.17, 15) is 5.11 Å². The van der Waals surface area contributed by atoms with Crippen LogP contribution in [0.5, 0.6) is 0 Å². The summed E-state index contributed by atoms with van der Waals surface area (Å²) >= 11 is 5.75. The first-order valence-electron chi connectivity index (χ1n) is 11.4. The van der Waals surface area contributed by atoms with Crippen LogP contribution in [0.2, 0.25) is 0 Å². The van der Waals surface area contributed by atoms with Crippen molar-refractivity contribution in [3.8, 4) is 5.69 Å². The number of rotatable bonds is 6. The summed E-state index contributed by atoms with van der Waals surface area (Å²) in [5.74, 6) is 0. The second-order valence-corrected chi connectivity index (χ2v) is 8.94. The van der Waals surface area contributed by atoms with E-state index in [1.54, 1.807) is 0 Å². The Bertz CT molecular complexity index is 1290. The summed E-state index contributed by atoms with van der Waals surface area (Å²) in [6.45, 7) is 5.17. The maximum absolute atomic E-state index is 9.50. The smallest absolute Gasteiger partial charge is 0.170 e. The van der Waals surface area contributed by atoms with E-state index in [2.05, 4.69) is 82.1 Å². The summed E-state index contributed by atoms with van der Waals surface area (Å²) < 4.78 is 2.35. The molecule has 2 atom stereocenters. The molecule has 2 unspecified atom stereocenters. The van der Waals surface area contributed by atoms with E-state index < -0.39 is 0 Å². The lowest BCUT2D eigenvalue weighted by molar-refractivity contribution is 0.247. The van der Waals surface area contributed by atoms with Crippen molar-refractivity contribution >= 4 is 28.1 Å². The van der Waals surface area contributed by atoms with Gasteiger partial charge in [-0.15, -0.1) is 0 Å². The third kappa shape index (κ3) is 3.79. The number of nitrogens with one attached hydrogen (secondary N) is 1. The fourth-order valence-corrected chi connectivity index (χ4v) is 5.42. The molecule has 4 aromatic rings. The summed E-state index contributed by atoms with van der Waals surface area (Å²) in [5.41, 5.74) is 5.74. The molecule has 1 aliphatic heterocycles. The molecule has 1 fully saturated rings. The molecule has 2 aromatic carbocycles. The Morgan fingerprint density at radius 3 is 2.61 bits per heavy atom. The van der Waals surface area contributed by atoms with Crippen molar-refractivity contribution < 1.29 is 5.11 Å². The molecule has 5 rings (SSSR count). The highest BCUT2D eigenvalue weighted by Crippen LogP contribution is 2.41. The molecule has 0 radical (unpaired) electrons. The van der Waals surface area contributed by atoms with E-state index in [0.717, 1.165) is 5.69 Å². The largest absolute Gasteiger partial charge is 0.396 e. The van der Waals surface area contributed by atoms with Crippen LogP contribution in [-0.2, 0) is 0 Å². The molecule has 0 bridgehead atoms. The molecule has 2 N–H and O–H groups in total. The van der Waals surface area contributed by atoms with Gasteiger partial charge in [0.2, 0.25) is 0 Å². The van der Waals surface area contributed by atoms with Gasteiger partial charge in [-0.1, -0.05) is 42.5 Å². The highest BCUT2D eigenvalue weighted by Gasteiger charge is 2.41. The van der Waals surface area contributed by atoms with Crippen molar-refractivity contribution in [1.82, 2.24) is 19.8 Å². The van der Waals surface area contributed by atoms with E-state index in [1.165, 1.54) is 33.4 Å². The van der Waals surface area contributed by atoms with Gasteiger partial charge in [-0.3, -0.25) is 4.98 Å². The van der Waals surface area contributed by atoms with Crippen LogP contribution in [0.3, 0.4) is 0 Å². The predicted octanol–water partition coefficient (Wildman–Crippen LogP) is 5.00. The summed E-state index contributed by atoms with van der Waals surface area (Å²) in [6, 6.07) is 23.2. The number of benzene rings is 2. The molecular weight excluding hydrogens is 428 g/mol. The Kier molecular flexibility index (Phi) is 5.87. The van der Waals surface area contributed by atoms with E-state index in [4.69, 9.17) is 12.2 Å². The normalized spacial score (nSPS) is 18.2. The summed E-state index contributed by atoms with van der Waals surface area (Å²) in [6.07, 6.45) is 2.49. The van der Waals surface area contributed by atoms with Crippen molar-refractivity contribution in [3.05, 3.63) is 95.6 Å². The molecule has 0 aliphatic carbocycles. The van der Waals surface area contributed by atoms with Gasteiger partial charge in [0.05, 0.1) is 23.5 Å². The quantitative estimate of drug-likeness (QED) is 0.400. The number of nitrogens with zero attached hydrogens (tertiary/aromatic N) is 3. The van der Waals surface area contributed by atoms with Gasteiger partial charge in [-0.25, -0.2) is 0 Å². The van der Waals surface area contributed by atoms with Crippen LogP contribution < -0.4 is 5.32 Å². The number of fused-ring (bicyclic) bond motifs is 1. The van der Waals surface area contributed by atoms with Crippen LogP contribution in [0.4, 0.5) is 0 Å². The van der Waals surface area contributed by atoms with Crippen molar-refractivity contribution in [3.63, 3.8) is 0 Å². The minimum Gasteiger partial charge on any atom is -0.396 e. The van der Waals surface area contributed by atoms with Gasteiger partial charge in [0.15, 0.2) is 5.11 Å². The predicted molar refractivity (Wildman–Crippen MR) is 137 cm³/mol. The molecule has 0 amide bonds. The summed E-state index contributed by atoms with van der Waals surface area (Å²) in [4.78, 5) is 6.85. The third-order valence-electron chi connectivity index (χ3n) is 6.55. The van der Waals surface area contributed by atoms with Gasteiger partial charge in [-0.2, -0.15) is 0 Å². The topological polar surface area (TPSA) is 53.3 Å². The maximum atomic E-state index is 9.50. The van der Waals surface area contributed by atoms with Gasteiger partial charge >= 0.3 is 0 Å². The first-order chi connectivity index (χ1) is 16.1. The van der Waals surface area contributed by atoms with Gasteiger partial charge in [-0.05, 0) is 67.7 Å². The SMILES string of the molecule is Cc1cc(C2C(c3ccccn3)NC(=S)N2CCCO)c(C)n1-c1cccc2ccccc12. The molecule has 3 heterocycles. The van der Waals surface area contributed by atoms with Crippen LogP contribution in [0, 0.1) is 13.8 Å². The molecule has 1 saturated heterocycles. The van der Waals surface area contributed by atoms with Gasteiger partial charge in [0.1, 0.15) is 0 Å². The molecule has 2 aromatic heterocycles. The van der Waals surface area contributed by atoms with Gasteiger partial charge < -0.3 is 19.9 Å². The van der Waals surface area contributed by atoms with Gasteiger partial charge in [0, 0.05) is 36.1 Å². The van der Waals surface area contributed by atoms with Crippen molar-refractivity contribution in [1.29, 1.82) is 0 Å². The fourth-order valence-electron chi connectivity index (χ4n) is 5.09. The Balaban J connectivity index is 1.66. The number of aliphatic hydroxyl groups excluding tert-OH is 1. The first-order valence-corrected chi connectivity index (χ1v) is 11.8. The van der Waals surface area contributed by atoms with Crippen LogP contribution in [-0.4, -0.2) is 37.8 Å². The highest BCUT2D eigenvalue weighted by molar-refractivity contribution is 7.80. The zero-order valence-corrected chi connectivity index (χ0v) is 19.7. The van der Waals surface area contributed by atoms with Crippen molar-refractivity contribution in [2.45, 2.75) is 32.4 Å². The zero-order valence-electron chi connectivity index (χ0n) is 18.9. The Hall–Kier alpha value is -3.22. The monoisotopic (exact) mass is 456 g/mol.